The van der Waals surface area contributed by atoms with Gasteiger partial charge in [-0.1, -0.05) is 19.3 Å². The Labute approximate surface area is 150 Å². The average Bonchev–Trinajstić information content (AvgIpc) is 3.14. The fraction of sp³-hybridized carbons (Fsp3) is 0.588. The van der Waals surface area contributed by atoms with Crippen LogP contribution in [0.4, 0.5) is 5.13 Å². The average molecular weight is 365 g/mol. The van der Waals surface area contributed by atoms with E-state index in [0.29, 0.717) is 18.1 Å². The highest BCUT2D eigenvalue weighted by Gasteiger charge is 2.33. The molecule has 1 aliphatic rings. The van der Waals surface area contributed by atoms with E-state index in [1.54, 1.807) is 11.3 Å². The first kappa shape index (κ1) is 17.5. The molecule has 1 saturated carbocycles. The molecule has 3 rings (SSSR count). The lowest BCUT2D eigenvalue weighted by Gasteiger charge is -2.35. The SMILES string of the molecule is Cc1nc(C)c(-c2csc(NC(=O)CC3(CN)CCCCC3)n2)s1. The maximum atomic E-state index is 12.5. The highest BCUT2D eigenvalue weighted by atomic mass is 32.1. The Hall–Kier alpha value is -1.31. The van der Waals surface area contributed by atoms with Crippen molar-refractivity contribution in [3.8, 4) is 10.6 Å². The maximum absolute atomic E-state index is 12.5. The fourth-order valence-electron chi connectivity index (χ4n) is 3.46. The van der Waals surface area contributed by atoms with E-state index in [-0.39, 0.29) is 11.3 Å². The Balaban J connectivity index is 1.66. The molecule has 2 heterocycles. The van der Waals surface area contributed by atoms with Crippen LogP contribution in [-0.4, -0.2) is 22.4 Å². The number of nitrogens with one attached hydrogen (secondary N) is 1. The summed E-state index contributed by atoms with van der Waals surface area (Å²) in [5, 5.41) is 6.63. The Morgan fingerprint density at radius 3 is 2.67 bits per heavy atom. The minimum atomic E-state index is -0.0200. The quantitative estimate of drug-likeness (QED) is 0.836. The van der Waals surface area contributed by atoms with Gasteiger partial charge in [0.05, 0.1) is 21.3 Å². The van der Waals surface area contributed by atoms with Crippen molar-refractivity contribution in [1.82, 2.24) is 9.97 Å². The van der Waals surface area contributed by atoms with Crippen LogP contribution < -0.4 is 11.1 Å². The lowest BCUT2D eigenvalue weighted by atomic mass is 9.72. The number of rotatable bonds is 5. The lowest BCUT2D eigenvalue weighted by molar-refractivity contribution is -0.118. The highest BCUT2D eigenvalue weighted by molar-refractivity contribution is 7.16. The minimum absolute atomic E-state index is 0.0200. The monoisotopic (exact) mass is 364 g/mol. The van der Waals surface area contributed by atoms with Gasteiger partial charge in [0.15, 0.2) is 5.13 Å². The van der Waals surface area contributed by atoms with E-state index in [1.807, 2.05) is 19.2 Å². The zero-order valence-corrected chi connectivity index (χ0v) is 15.9. The zero-order chi connectivity index (χ0) is 17.2. The zero-order valence-electron chi connectivity index (χ0n) is 14.2. The molecular weight excluding hydrogens is 340 g/mol. The van der Waals surface area contributed by atoms with Crippen LogP contribution in [0.2, 0.25) is 0 Å². The minimum Gasteiger partial charge on any atom is -0.330 e. The number of carbonyl (C=O) groups excluding carboxylic acids is 1. The number of hydrogen-bond acceptors (Lipinski definition) is 6. The molecule has 0 saturated heterocycles. The second kappa shape index (κ2) is 7.29. The van der Waals surface area contributed by atoms with E-state index in [2.05, 4.69) is 15.3 Å². The van der Waals surface area contributed by atoms with Gasteiger partial charge in [-0.15, -0.1) is 22.7 Å². The Bertz CT molecular complexity index is 716. The summed E-state index contributed by atoms with van der Waals surface area (Å²) in [6.45, 7) is 4.57. The van der Waals surface area contributed by atoms with Crippen molar-refractivity contribution in [3.05, 3.63) is 16.1 Å². The van der Waals surface area contributed by atoms with Gasteiger partial charge < -0.3 is 11.1 Å². The molecule has 24 heavy (non-hydrogen) atoms. The number of nitrogens with two attached hydrogens (primary N) is 1. The summed E-state index contributed by atoms with van der Waals surface area (Å²) in [6, 6.07) is 0. The van der Waals surface area contributed by atoms with Crippen LogP contribution in [0.1, 0.15) is 49.2 Å². The first-order valence-corrected chi connectivity index (χ1v) is 10.1. The number of thiazole rings is 2. The summed E-state index contributed by atoms with van der Waals surface area (Å²) in [6.07, 6.45) is 6.22. The second-order valence-corrected chi connectivity index (χ2v) is 8.74. The normalized spacial score (nSPS) is 17.0. The number of hydrogen-bond donors (Lipinski definition) is 2. The Kier molecular flexibility index (Phi) is 5.32. The van der Waals surface area contributed by atoms with E-state index < -0.39 is 0 Å². The molecule has 1 aliphatic carbocycles. The Morgan fingerprint density at radius 1 is 1.29 bits per heavy atom. The first-order valence-electron chi connectivity index (χ1n) is 8.41. The smallest absolute Gasteiger partial charge is 0.226 e. The summed E-state index contributed by atoms with van der Waals surface area (Å²) in [4.78, 5) is 22.5. The van der Waals surface area contributed by atoms with Gasteiger partial charge in [0, 0.05) is 11.8 Å². The lowest BCUT2D eigenvalue weighted by Crippen LogP contribution is -2.36. The molecule has 130 valence electrons. The second-order valence-electron chi connectivity index (χ2n) is 6.68. The largest absolute Gasteiger partial charge is 0.330 e. The molecule has 7 heteroatoms. The van der Waals surface area contributed by atoms with Crippen LogP contribution in [0.5, 0.6) is 0 Å². The molecule has 0 aromatic carbocycles. The van der Waals surface area contributed by atoms with Gasteiger partial charge in [-0.25, -0.2) is 9.97 Å². The van der Waals surface area contributed by atoms with Crippen molar-refractivity contribution in [3.63, 3.8) is 0 Å². The number of aromatic nitrogens is 2. The van der Waals surface area contributed by atoms with Crippen LogP contribution in [0, 0.1) is 19.3 Å². The molecule has 2 aromatic rings. The van der Waals surface area contributed by atoms with Gasteiger partial charge in [0.25, 0.3) is 0 Å². The summed E-state index contributed by atoms with van der Waals surface area (Å²) in [5.74, 6) is 0.0282. The fourth-order valence-corrected chi connectivity index (χ4v) is 5.14. The van der Waals surface area contributed by atoms with Crippen molar-refractivity contribution in [2.75, 3.05) is 11.9 Å². The predicted octanol–water partition coefficient (Wildman–Crippen LogP) is 4.12. The van der Waals surface area contributed by atoms with Crippen molar-refractivity contribution < 1.29 is 4.79 Å². The Morgan fingerprint density at radius 2 is 2.04 bits per heavy atom. The van der Waals surface area contributed by atoms with Crippen LogP contribution in [0.3, 0.4) is 0 Å². The molecule has 3 N–H and O–H groups in total. The summed E-state index contributed by atoms with van der Waals surface area (Å²) in [5.41, 5.74) is 7.84. The number of aryl methyl sites for hydroxylation is 2. The molecule has 0 radical (unpaired) electrons. The topological polar surface area (TPSA) is 80.9 Å². The third-order valence-electron chi connectivity index (χ3n) is 4.77. The van der Waals surface area contributed by atoms with Crippen molar-refractivity contribution in [2.45, 2.75) is 52.4 Å². The number of amides is 1. The van der Waals surface area contributed by atoms with Gasteiger partial charge >= 0.3 is 0 Å². The maximum Gasteiger partial charge on any atom is 0.226 e. The van der Waals surface area contributed by atoms with E-state index in [0.717, 1.165) is 34.1 Å². The molecule has 0 bridgehead atoms. The van der Waals surface area contributed by atoms with E-state index >= 15 is 0 Å². The third kappa shape index (κ3) is 3.84. The number of nitrogens with zero attached hydrogens (tertiary/aromatic N) is 2. The first-order chi connectivity index (χ1) is 11.5. The van der Waals surface area contributed by atoms with Crippen molar-refractivity contribution in [2.24, 2.45) is 11.1 Å². The molecule has 1 amide bonds. The van der Waals surface area contributed by atoms with Crippen molar-refractivity contribution >= 4 is 33.7 Å². The molecule has 5 nitrogen and oxygen atoms in total. The number of carbonyl (C=O) groups is 1. The predicted molar refractivity (Wildman–Crippen MR) is 101 cm³/mol. The molecule has 2 aromatic heterocycles. The number of anilines is 1. The van der Waals surface area contributed by atoms with E-state index in [4.69, 9.17) is 5.73 Å². The van der Waals surface area contributed by atoms with Crippen LogP contribution in [0.25, 0.3) is 10.6 Å². The van der Waals surface area contributed by atoms with E-state index in [9.17, 15) is 4.79 Å². The summed E-state index contributed by atoms with van der Waals surface area (Å²) < 4.78 is 0. The molecule has 0 spiro atoms. The third-order valence-corrected chi connectivity index (χ3v) is 6.62. The van der Waals surface area contributed by atoms with Gasteiger partial charge in [-0.05, 0) is 38.6 Å². The van der Waals surface area contributed by atoms with E-state index in [1.165, 1.54) is 30.6 Å². The summed E-state index contributed by atoms with van der Waals surface area (Å²) in [7, 11) is 0. The van der Waals surface area contributed by atoms with Crippen LogP contribution >= 0.6 is 22.7 Å². The van der Waals surface area contributed by atoms with Crippen LogP contribution in [-0.2, 0) is 4.79 Å². The summed E-state index contributed by atoms with van der Waals surface area (Å²) >= 11 is 3.10. The molecular formula is C17H24N4OS2. The molecule has 0 unspecified atom stereocenters. The molecule has 0 atom stereocenters. The van der Waals surface area contributed by atoms with Crippen LogP contribution in [0.15, 0.2) is 5.38 Å². The van der Waals surface area contributed by atoms with Gasteiger partial charge in [-0.2, -0.15) is 0 Å². The van der Waals surface area contributed by atoms with Gasteiger partial charge in [-0.3, -0.25) is 4.79 Å². The standard InChI is InChI=1S/C17H24N4OS2/c1-11-15(24-12(2)19-11)13-9-23-16(20-13)21-14(22)8-17(10-18)6-4-3-5-7-17/h9H,3-8,10,18H2,1-2H3,(H,20,21,22). The molecule has 1 fully saturated rings. The van der Waals surface area contributed by atoms with Gasteiger partial charge in [0.2, 0.25) is 5.91 Å². The highest BCUT2D eigenvalue weighted by Crippen LogP contribution is 2.39. The van der Waals surface area contributed by atoms with Crippen molar-refractivity contribution in [1.29, 1.82) is 0 Å². The van der Waals surface area contributed by atoms with Gasteiger partial charge in [0.1, 0.15) is 0 Å². The molecule has 0 aliphatic heterocycles.